The number of aryl methyl sites for hydroxylation is 2. The monoisotopic (exact) mass is 386 g/mol. The Kier molecular flexibility index (Phi) is 7.26. The van der Waals surface area contributed by atoms with Crippen LogP contribution in [0, 0.1) is 6.92 Å². The van der Waals surface area contributed by atoms with E-state index in [1.807, 2.05) is 32.0 Å². The third-order valence-electron chi connectivity index (χ3n) is 4.34. The van der Waals surface area contributed by atoms with Crippen molar-refractivity contribution < 1.29 is 23.8 Å². The van der Waals surface area contributed by atoms with Crippen molar-refractivity contribution in [2.75, 3.05) is 33.2 Å². The highest BCUT2D eigenvalue weighted by molar-refractivity contribution is 6.00. The molecule has 2 amide bonds. The fourth-order valence-corrected chi connectivity index (χ4v) is 2.86. The number of ether oxygens (including phenoxy) is 3. The van der Waals surface area contributed by atoms with Gasteiger partial charge in [0.2, 0.25) is 11.7 Å². The second-order valence-electron chi connectivity index (χ2n) is 6.11. The lowest BCUT2D eigenvalue weighted by Gasteiger charge is -2.15. The van der Waals surface area contributed by atoms with Gasteiger partial charge in [-0.05, 0) is 36.6 Å². The Bertz CT molecular complexity index is 839. The molecular formula is C21H26N2O5. The van der Waals surface area contributed by atoms with Crippen molar-refractivity contribution in [2.24, 2.45) is 0 Å². The summed E-state index contributed by atoms with van der Waals surface area (Å²) in [6.07, 6.45) is 0.801. The van der Waals surface area contributed by atoms with E-state index in [2.05, 4.69) is 10.6 Å². The SMILES string of the molecule is CCc1cccc(C)c1NC(=O)CNC(=O)c1cc(OC)c(OC)c(OC)c1. The van der Waals surface area contributed by atoms with Gasteiger partial charge in [0, 0.05) is 11.3 Å². The van der Waals surface area contributed by atoms with Crippen LogP contribution in [0.3, 0.4) is 0 Å². The van der Waals surface area contributed by atoms with Crippen molar-refractivity contribution in [2.45, 2.75) is 20.3 Å². The lowest BCUT2D eigenvalue weighted by atomic mass is 10.1. The van der Waals surface area contributed by atoms with Gasteiger partial charge in [0.1, 0.15) is 0 Å². The maximum atomic E-state index is 12.5. The molecule has 0 saturated heterocycles. The molecule has 28 heavy (non-hydrogen) atoms. The largest absolute Gasteiger partial charge is 0.493 e. The molecule has 0 spiro atoms. The summed E-state index contributed by atoms with van der Waals surface area (Å²) in [5.41, 5.74) is 3.11. The minimum atomic E-state index is -0.421. The van der Waals surface area contributed by atoms with Gasteiger partial charge in [-0.25, -0.2) is 0 Å². The third kappa shape index (κ3) is 4.73. The van der Waals surface area contributed by atoms with E-state index in [-0.39, 0.29) is 12.5 Å². The number of rotatable bonds is 8. The van der Waals surface area contributed by atoms with Gasteiger partial charge in [-0.2, -0.15) is 0 Å². The van der Waals surface area contributed by atoms with Gasteiger partial charge in [-0.15, -0.1) is 0 Å². The van der Waals surface area contributed by atoms with Crippen molar-refractivity contribution >= 4 is 17.5 Å². The first-order valence-corrected chi connectivity index (χ1v) is 8.91. The standard InChI is InChI=1S/C21H26N2O5/c1-6-14-9-7-8-13(2)19(14)23-18(24)12-22-21(25)15-10-16(26-3)20(28-5)17(11-15)27-4/h7-11H,6,12H2,1-5H3,(H,22,25)(H,23,24). The zero-order valence-corrected chi connectivity index (χ0v) is 16.8. The Balaban J connectivity index is 2.09. The molecular weight excluding hydrogens is 360 g/mol. The van der Waals surface area contributed by atoms with Crippen molar-refractivity contribution in [1.29, 1.82) is 0 Å². The van der Waals surface area contributed by atoms with E-state index >= 15 is 0 Å². The minimum absolute atomic E-state index is 0.160. The first-order valence-electron chi connectivity index (χ1n) is 8.91. The van der Waals surface area contributed by atoms with Crippen molar-refractivity contribution in [3.63, 3.8) is 0 Å². The van der Waals surface area contributed by atoms with Crippen LogP contribution in [-0.2, 0) is 11.2 Å². The lowest BCUT2D eigenvalue weighted by Crippen LogP contribution is -2.33. The van der Waals surface area contributed by atoms with Gasteiger partial charge in [-0.1, -0.05) is 25.1 Å². The smallest absolute Gasteiger partial charge is 0.251 e. The number of amides is 2. The van der Waals surface area contributed by atoms with E-state index in [4.69, 9.17) is 14.2 Å². The maximum absolute atomic E-state index is 12.5. The Hall–Kier alpha value is -3.22. The van der Waals surface area contributed by atoms with E-state index in [0.717, 1.165) is 23.2 Å². The number of para-hydroxylation sites is 1. The molecule has 0 heterocycles. The molecule has 2 aromatic carbocycles. The quantitative estimate of drug-likeness (QED) is 0.729. The second kappa shape index (κ2) is 9.64. The minimum Gasteiger partial charge on any atom is -0.493 e. The van der Waals surface area contributed by atoms with Crippen LogP contribution in [0.5, 0.6) is 17.2 Å². The summed E-state index contributed by atoms with van der Waals surface area (Å²) in [6.45, 7) is 3.80. The number of methoxy groups -OCH3 is 3. The van der Waals surface area contributed by atoms with Crippen LogP contribution in [0.2, 0.25) is 0 Å². The Morgan fingerprint density at radius 2 is 1.64 bits per heavy atom. The van der Waals surface area contributed by atoms with Crippen LogP contribution in [-0.4, -0.2) is 39.7 Å². The summed E-state index contributed by atoms with van der Waals surface area (Å²) in [6, 6.07) is 8.92. The lowest BCUT2D eigenvalue weighted by molar-refractivity contribution is -0.115. The molecule has 0 unspecified atom stereocenters. The summed E-state index contributed by atoms with van der Waals surface area (Å²) in [7, 11) is 4.43. The summed E-state index contributed by atoms with van der Waals surface area (Å²) in [4.78, 5) is 24.8. The highest BCUT2D eigenvalue weighted by Gasteiger charge is 2.17. The van der Waals surface area contributed by atoms with E-state index in [0.29, 0.717) is 22.8 Å². The van der Waals surface area contributed by atoms with E-state index in [1.54, 1.807) is 0 Å². The van der Waals surface area contributed by atoms with Crippen LogP contribution in [0.1, 0.15) is 28.4 Å². The van der Waals surface area contributed by atoms with Crippen LogP contribution < -0.4 is 24.8 Å². The van der Waals surface area contributed by atoms with E-state index < -0.39 is 5.91 Å². The molecule has 0 aliphatic rings. The van der Waals surface area contributed by atoms with E-state index in [9.17, 15) is 9.59 Å². The maximum Gasteiger partial charge on any atom is 0.251 e. The molecule has 2 N–H and O–H groups in total. The molecule has 0 saturated carbocycles. The molecule has 0 aliphatic carbocycles. The molecule has 0 radical (unpaired) electrons. The van der Waals surface area contributed by atoms with Gasteiger partial charge >= 0.3 is 0 Å². The normalized spacial score (nSPS) is 10.2. The number of hydrogen-bond donors (Lipinski definition) is 2. The Labute approximate surface area is 165 Å². The molecule has 0 atom stereocenters. The van der Waals surface area contributed by atoms with Gasteiger partial charge in [-0.3, -0.25) is 9.59 Å². The zero-order chi connectivity index (χ0) is 20.7. The second-order valence-corrected chi connectivity index (χ2v) is 6.11. The summed E-state index contributed by atoms with van der Waals surface area (Å²) in [5.74, 6) is 0.401. The topological polar surface area (TPSA) is 85.9 Å². The fraction of sp³-hybridized carbons (Fsp3) is 0.333. The van der Waals surface area contributed by atoms with Crippen LogP contribution in [0.25, 0.3) is 0 Å². The number of nitrogens with one attached hydrogen (secondary N) is 2. The van der Waals surface area contributed by atoms with Gasteiger partial charge in [0.15, 0.2) is 11.5 Å². The van der Waals surface area contributed by atoms with Gasteiger partial charge < -0.3 is 24.8 Å². The van der Waals surface area contributed by atoms with Crippen molar-refractivity contribution in [1.82, 2.24) is 5.32 Å². The zero-order valence-electron chi connectivity index (χ0n) is 16.8. The molecule has 7 nitrogen and oxygen atoms in total. The molecule has 0 aromatic heterocycles. The molecule has 150 valence electrons. The molecule has 0 bridgehead atoms. The molecule has 7 heteroatoms. The summed E-state index contributed by atoms with van der Waals surface area (Å²) in [5, 5.41) is 5.49. The van der Waals surface area contributed by atoms with Gasteiger partial charge in [0.25, 0.3) is 5.91 Å². The number of carbonyl (C=O) groups is 2. The number of anilines is 1. The number of carbonyl (C=O) groups excluding carboxylic acids is 2. The molecule has 2 aromatic rings. The first kappa shape index (κ1) is 21.1. The fourth-order valence-electron chi connectivity index (χ4n) is 2.86. The predicted molar refractivity (Wildman–Crippen MR) is 108 cm³/mol. The Morgan fingerprint density at radius 3 is 2.18 bits per heavy atom. The predicted octanol–water partition coefficient (Wildman–Crippen LogP) is 2.95. The van der Waals surface area contributed by atoms with Crippen LogP contribution >= 0.6 is 0 Å². The number of benzene rings is 2. The average molecular weight is 386 g/mol. The van der Waals surface area contributed by atoms with Gasteiger partial charge in [0.05, 0.1) is 27.9 Å². The van der Waals surface area contributed by atoms with Crippen LogP contribution in [0.4, 0.5) is 5.69 Å². The first-order chi connectivity index (χ1) is 13.4. The van der Waals surface area contributed by atoms with Crippen molar-refractivity contribution in [3.05, 3.63) is 47.0 Å². The average Bonchev–Trinajstić information content (AvgIpc) is 2.72. The highest BCUT2D eigenvalue weighted by Crippen LogP contribution is 2.38. The molecule has 0 aliphatic heterocycles. The van der Waals surface area contributed by atoms with Crippen molar-refractivity contribution in [3.8, 4) is 17.2 Å². The summed E-state index contributed by atoms with van der Waals surface area (Å²) < 4.78 is 15.7. The third-order valence-corrected chi connectivity index (χ3v) is 4.34. The van der Waals surface area contributed by atoms with E-state index in [1.165, 1.54) is 33.5 Å². The molecule has 2 rings (SSSR count). The number of hydrogen-bond acceptors (Lipinski definition) is 5. The highest BCUT2D eigenvalue weighted by atomic mass is 16.5. The molecule has 0 fully saturated rings. The summed E-state index contributed by atoms with van der Waals surface area (Å²) >= 11 is 0. The Morgan fingerprint density at radius 1 is 1.00 bits per heavy atom. The van der Waals surface area contributed by atoms with Crippen LogP contribution in [0.15, 0.2) is 30.3 Å².